The zero-order chi connectivity index (χ0) is 18.2. The fraction of sp³-hybridized carbons (Fsp3) is 0.952. The molecule has 2 unspecified atom stereocenters. The van der Waals surface area contributed by atoms with Gasteiger partial charge in [0.15, 0.2) is 0 Å². The molecule has 0 amide bonds. The van der Waals surface area contributed by atoms with E-state index in [0.717, 1.165) is 22.4 Å². The SMILES string of the molecule is CCCN1C2CC[C@@H]1C[C@H](C1CC[CH]([Sn]([CH3])([CH3])[CH3])CC1)C2C(=O)OC. The standard InChI is InChI=1S/C18H30NO2.3CH3.Sn/c1-3-11-19-14-9-10-16(19)17(18(20)21-2)15(12-14)13-7-5-4-6-8-13;;;;/h4,13-17H,3,5-12H2,1-2H3;3*1H3;/t14-,15-,16?,17?;;;;/m1..../s1. The van der Waals surface area contributed by atoms with E-state index >= 15 is 0 Å². The number of hydrogen-bond donors (Lipinski definition) is 0. The molecule has 1 saturated carbocycles. The first kappa shape index (κ1) is 20.0. The zero-order valence-corrected chi connectivity index (χ0v) is 19.9. The van der Waals surface area contributed by atoms with Crippen LogP contribution >= 0.6 is 0 Å². The van der Waals surface area contributed by atoms with Crippen molar-refractivity contribution in [2.45, 2.75) is 89.1 Å². The molecule has 4 heteroatoms. The van der Waals surface area contributed by atoms with Crippen molar-refractivity contribution >= 4 is 24.3 Å². The second kappa shape index (κ2) is 8.08. The number of carbonyl (C=O) groups is 1. The molecule has 3 aliphatic rings. The summed E-state index contributed by atoms with van der Waals surface area (Å²) < 4.78 is 6.36. The van der Waals surface area contributed by atoms with Gasteiger partial charge in [-0.3, -0.25) is 0 Å². The van der Waals surface area contributed by atoms with Crippen molar-refractivity contribution in [2.75, 3.05) is 13.7 Å². The average molecular weight is 456 g/mol. The molecule has 0 aromatic heterocycles. The van der Waals surface area contributed by atoms with E-state index < -0.39 is 18.4 Å². The Balaban J connectivity index is 1.73. The molecule has 4 atom stereocenters. The molecular weight excluding hydrogens is 417 g/mol. The van der Waals surface area contributed by atoms with E-state index in [2.05, 4.69) is 26.6 Å². The second-order valence-electron chi connectivity index (χ2n) is 9.96. The van der Waals surface area contributed by atoms with Gasteiger partial charge in [0.1, 0.15) is 0 Å². The summed E-state index contributed by atoms with van der Waals surface area (Å²) in [6.07, 6.45) is 10.5. The molecule has 2 heterocycles. The molecular formula is C21H39NO2Sn. The van der Waals surface area contributed by atoms with Crippen LogP contribution in [0.3, 0.4) is 0 Å². The maximum absolute atomic E-state index is 12.7. The van der Waals surface area contributed by atoms with E-state index in [1.165, 1.54) is 51.4 Å². The van der Waals surface area contributed by atoms with Gasteiger partial charge in [0, 0.05) is 0 Å². The van der Waals surface area contributed by atoms with E-state index in [4.69, 9.17) is 4.74 Å². The monoisotopic (exact) mass is 457 g/mol. The molecule has 0 spiro atoms. The van der Waals surface area contributed by atoms with E-state index in [1.807, 2.05) is 0 Å². The van der Waals surface area contributed by atoms with Crippen LogP contribution in [0.25, 0.3) is 0 Å². The molecule has 3 rings (SSSR count). The van der Waals surface area contributed by atoms with Crippen molar-refractivity contribution in [3.63, 3.8) is 0 Å². The van der Waals surface area contributed by atoms with Crippen LogP contribution in [0.2, 0.25) is 18.8 Å². The minimum atomic E-state index is -1.76. The number of carbonyl (C=O) groups excluding carboxylic acids is 1. The fourth-order valence-electron chi connectivity index (χ4n) is 6.32. The molecule has 0 radical (unpaired) electrons. The molecule has 3 nitrogen and oxygen atoms in total. The maximum atomic E-state index is 12.7. The van der Waals surface area contributed by atoms with Crippen molar-refractivity contribution < 1.29 is 9.53 Å². The number of esters is 1. The van der Waals surface area contributed by atoms with Gasteiger partial charge >= 0.3 is 159 Å². The molecule has 1 aliphatic carbocycles. The van der Waals surface area contributed by atoms with Gasteiger partial charge in [-0.15, -0.1) is 0 Å². The van der Waals surface area contributed by atoms with Crippen LogP contribution in [0.15, 0.2) is 0 Å². The van der Waals surface area contributed by atoms with Gasteiger partial charge in [-0.2, -0.15) is 0 Å². The topological polar surface area (TPSA) is 29.5 Å². The first-order chi connectivity index (χ1) is 11.9. The first-order valence-corrected chi connectivity index (χ1v) is 20.9. The van der Waals surface area contributed by atoms with Gasteiger partial charge < -0.3 is 0 Å². The van der Waals surface area contributed by atoms with E-state index in [9.17, 15) is 4.79 Å². The third kappa shape index (κ3) is 4.07. The summed E-state index contributed by atoms with van der Waals surface area (Å²) in [4.78, 5) is 23.2. The molecule has 0 aromatic carbocycles. The Morgan fingerprint density at radius 1 is 1.08 bits per heavy atom. The van der Waals surface area contributed by atoms with Crippen LogP contribution in [0.5, 0.6) is 0 Å². The summed E-state index contributed by atoms with van der Waals surface area (Å²) >= 11 is -1.76. The van der Waals surface area contributed by atoms with Gasteiger partial charge in [0.05, 0.1) is 0 Å². The van der Waals surface area contributed by atoms with Crippen molar-refractivity contribution in [1.29, 1.82) is 0 Å². The van der Waals surface area contributed by atoms with Crippen LogP contribution in [0.1, 0.15) is 58.3 Å². The Hall–Kier alpha value is 0.229. The molecule has 144 valence electrons. The van der Waals surface area contributed by atoms with Crippen LogP contribution in [0.4, 0.5) is 0 Å². The second-order valence-corrected chi connectivity index (χ2v) is 25.8. The Morgan fingerprint density at radius 2 is 1.76 bits per heavy atom. The quantitative estimate of drug-likeness (QED) is 0.434. The summed E-state index contributed by atoms with van der Waals surface area (Å²) in [5.74, 6) is 1.55. The number of rotatable bonds is 5. The normalized spacial score (nSPS) is 39.4. The summed E-state index contributed by atoms with van der Waals surface area (Å²) in [7, 11) is 1.59. The van der Waals surface area contributed by atoms with Crippen LogP contribution < -0.4 is 0 Å². The Bertz CT molecular complexity index is 467. The summed E-state index contributed by atoms with van der Waals surface area (Å²) in [5.41, 5.74) is 0. The number of hydrogen-bond acceptors (Lipinski definition) is 3. The van der Waals surface area contributed by atoms with Crippen molar-refractivity contribution in [3.8, 4) is 0 Å². The van der Waals surface area contributed by atoms with Crippen molar-refractivity contribution in [3.05, 3.63) is 0 Å². The third-order valence-electron chi connectivity index (χ3n) is 7.67. The Kier molecular flexibility index (Phi) is 6.45. The summed E-state index contributed by atoms with van der Waals surface area (Å²) in [6, 6.07) is 1.19. The van der Waals surface area contributed by atoms with Gasteiger partial charge in [-0.1, -0.05) is 0 Å². The molecule has 2 bridgehead atoms. The molecule has 0 aromatic rings. The molecule has 2 saturated heterocycles. The summed E-state index contributed by atoms with van der Waals surface area (Å²) in [6.45, 7) is 3.42. The average Bonchev–Trinajstić information content (AvgIpc) is 2.85. The molecule has 0 N–H and O–H groups in total. The number of piperidine rings is 1. The van der Waals surface area contributed by atoms with Crippen LogP contribution in [0, 0.1) is 17.8 Å². The van der Waals surface area contributed by atoms with Crippen LogP contribution in [-0.4, -0.2) is 55.0 Å². The van der Waals surface area contributed by atoms with E-state index in [-0.39, 0.29) is 11.9 Å². The van der Waals surface area contributed by atoms with Crippen molar-refractivity contribution in [2.24, 2.45) is 17.8 Å². The Labute approximate surface area is 159 Å². The third-order valence-corrected chi connectivity index (χ3v) is 16.3. The molecule has 25 heavy (non-hydrogen) atoms. The number of ether oxygens (including phenoxy) is 1. The van der Waals surface area contributed by atoms with E-state index in [0.29, 0.717) is 12.0 Å². The predicted octanol–water partition coefficient (Wildman–Crippen LogP) is 4.94. The number of methoxy groups -OCH3 is 1. The van der Waals surface area contributed by atoms with Gasteiger partial charge in [-0.25, -0.2) is 0 Å². The van der Waals surface area contributed by atoms with Crippen LogP contribution in [-0.2, 0) is 9.53 Å². The first-order valence-electron chi connectivity index (χ1n) is 10.7. The van der Waals surface area contributed by atoms with Gasteiger partial charge in [0.25, 0.3) is 0 Å². The fourth-order valence-corrected chi connectivity index (χ4v) is 12.2. The van der Waals surface area contributed by atoms with E-state index in [1.54, 1.807) is 7.11 Å². The number of fused-ring (bicyclic) bond motifs is 2. The molecule has 3 fully saturated rings. The summed E-state index contributed by atoms with van der Waals surface area (Å²) in [5, 5.41) is 0. The minimum absolute atomic E-state index is 0.0774. The van der Waals surface area contributed by atoms with Gasteiger partial charge in [0.2, 0.25) is 0 Å². The Morgan fingerprint density at radius 3 is 2.32 bits per heavy atom. The predicted molar refractivity (Wildman–Crippen MR) is 106 cm³/mol. The van der Waals surface area contributed by atoms with Crippen molar-refractivity contribution in [1.82, 2.24) is 4.90 Å². The molecule has 2 aliphatic heterocycles. The zero-order valence-electron chi connectivity index (χ0n) is 17.1. The number of nitrogens with zero attached hydrogens (tertiary/aromatic N) is 1. The van der Waals surface area contributed by atoms with Gasteiger partial charge in [-0.05, 0) is 0 Å².